The van der Waals surface area contributed by atoms with Crippen molar-refractivity contribution < 1.29 is 14.3 Å². The number of nitrogens with zero attached hydrogens (tertiary/aromatic N) is 2. The first-order chi connectivity index (χ1) is 14.7. The van der Waals surface area contributed by atoms with Gasteiger partial charge in [-0.1, -0.05) is 42.5 Å². The number of esters is 1. The van der Waals surface area contributed by atoms with Crippen molar-refractivity contribution in [1.82, 2.24) is 9.13 Å². The van der Waals surface area contributed by atoms with Gasteiger partial charge >= 0.3 is 11.7 Å². The highest BCUT2D eigenvalue weighted by Gasteiger charge is 2.23. The number of ether oxygens (including phenoxy) is 1. The monoisotopic (exact) mass is 421 g/mol. The van der Waals surface area contributed by atoms with Gasteiger partial charge in [0.05, 0.1) is 12.1 Å². The molecular weight excluding hydrogens is 398 g/mol. The van der Waals surface area contributed by atoms with Crippen LogP contribution in [0.2, 0.25) is 0 Å². The summed E-state index contributed by atoms with van der Waals surface area (Å²) >= 11 is 0. The van der Waals surface area contributed by atoms with E-state index < -0.39 is 29.6 Å². The summed E-state index contributed by atoms with van der Waals surface area (Å²) in [7, 11) is 1.27. The van der Waals surface area contributed by atoms with Gasteiger partial charge in [0, 0.05) is 7.05 Å². The minimum Gasteiger partial charge on any atom is -0.454 e. The van der Waals surface area contributed by atoms with Crippen LogP contribution in [0.3, 0.4) is 0 Å². The zero-order valence-corrected chi connectivity index (χ0v) is 17.5. The molecule has 0 atom stereocenters. The molecule has 8 heteroatoms. The van der Waals surface area contributed by atoms with E-state index in [0.717, 1.165) is 25.8 Å². The number of benzene rings is 2. The first-order valence-electron chi connectivity index (χ1n) is 9.62. The molecule has 8 nitrogen and oxygen atoms in total. The third-order valence-corrected chi connectivity index (χ3v) is 5.20. The maximum atomic E-state index is 12.8. The number of anilines is 1. The fourth-order valence-electron chi connectivity index (χ4n) is 3.22. The molecule has 0 aliphatic carbocycles. The van der Waals surface area contributed by atoms with Crippen LogP contribution in [-0.4, -0.2) is 27.5 Å². The predicted octanol–water partition coefficient (Wildman–Crippen LogP) is 1.83. The summed E-state index contributed by atoms with van der Waals surface area (Å²) in [6.45, 7) is 3.05. The van der Waals surface area contributed by atoms with Crippen LogP contribution in [0.1, 0.15) is 37.4 Å². The van der Waals surface area contributed by atoms with Crippen LogP contribution in [0, 0.1) is 13.8 Å². The number of aryl methyl sites for hydroxylation is 1. The molecule has 3 aromatic rings. The van der Waals surface area contributed by atoms with E-state index in [1.807, 2.05) is 19.1 Å². The maximum absolute atomic E-state index is 12.8. The third-order valence-electron chi connectivity index (χ3n) is 5.20. The van der Waals surface area contributed by atoms with Crippen molar-refractivity contribution in [2.45, 2.75) is 20.4 Å². The van der Waals surface area contributed by atoms with Gasteiger partial charge in [0.25, 0.3) is 5.56 Å². The van der Waals surface area contributed by atoms with Crippen LogP contribution in [-0.2, 0) is 18.3 Å². The van der Waals surface area contributed by atoms with E-state index in [2.05, 4.69) is 0 Å². The molecule has 0 saturated heterocycles. The molecule has 0 bridgehead atoms. The average molecular weight is 421 g/mol. The Hall–Kier alpha value is -3.94. The van der Waals surface area contributed by atoms with Crippen LogP contribution in [0.5, 0.6) is 0 Å². The Balaban J connectivity index is 1.90. The summed E-state index contributed by atoms with van der Waals surface area (Å²) in [5.41, 5.74) is 6.95. The molecule has 0 saturated carbocycles. The molecule has 0 unspecified atom stereocenters. The predicted molar refractivity (Wildman–Crippen MR) is 116 cm³/mol. The Morgan fingerprint density at radius 2 is 1.68 bits per heavy atom. The van der Waals surface area contributed by atoms with Crippen molar-refractivity contribution in [2.75, 3.05) is 12.3 Å². The van der Waals surface area contributed by atoms with Crippen molar-refractivity contribution in [3.63, 3.8) is 0 Å². The van der Waals surface area contributed by atoms with Gasteiger partial charge in [-0.05, 0) is 36.6 Å². The molecule has 160 valence electrons. The van der Waals surface area contributed by atoms with Crippen LogP contribution < -0.4 is 17.0 Å². The molecule has 0 radical (unpaired) electrons. The Morgan fingerprint density at radius 1 is 1.00 bits per heavy atom. The molecule has 0 fully saturated rings. The largest absolute Gasteiger partial charge is 0.454 e. The van der Waals surface area contributed by atoms with Crippen molar-refractivity contribution in [3.8, 4) is 0 Å². The number of hydrogen-bond donors (Lipinski definition) is 1. The normalized spacial score (nSPS) is 10.7. The summed E-state index contributed by atoms with van der Waals surface area (Å²) in [5, 5.41) is 0. The minimum atomic E-state index is -0.834. The lowest BCUT2D eigenvalue weighted by molar-refractivity contribution is 0.0473. The van der Waals surface area contributed by atoms with Crippen LogP contribution in [0.25, 0.3) is 0 Å². The highest BCUT2D eigenvalue weighted by atomic mass is 16.5. The number of nitrogens with two attached hydrogens (primary N) is 1. The maximum Gasteiger partial charge on any atom is 0.338 e. The van der Waals surface area contributed by atoms with Gasteiger partial charge in [0.1, 0.15) is 11.4 Å². The topological polar surface area (TPSA) is 113 Å². The number of carbonyl (C=O) groups excluding carboxylic acids is 2. The molecule has 0 aliphatic rings. The second kappa shape index (κ2) is 8.83. The van der Waals surface area contributed by atoms with Gasteiger partial charge in [-0.15, -0.1) is 0 Å². The van der Waals surface area contributed by atoms with Crippen molar-refractivity contribution in [3.05, 3.63) is 97.2 Å². The highest BCUT2D eigenvalue weighted by Crippen LogP contribution is 2.15. The van der Waals surface area contributed by atoms with Crippen LogP contribution in [0.4, 0.5) is 5.82 Å². The van der Waals surface area contributed by atoms with Gasteiger partial charge in [-0.2, -0.15) is 0 Å². The molecule has 0 spiro atoms. The van der Waals surface area contributed by atoms with Gasteiger partial charge in [-0.3, -0.25) is 18.7 Å². The Kier molecular flexibility index (Phi) is 6.20. The summed E-state index contributed by atoms with van der Waals surface area (Å²) in [5.74, 6) is -1.72. The Labute approximate surface area is 178 Å². The van der Waals surface area contributed by atoms with E-state index in [4.69, 9.17) is 10.5 Å². The third kappa shape index (κ3) is 4.32. The van der Waals surface area contributed by atoms with Gasteiger partial charge < -0.3 is 10.5 Å². The lowest BCUT2D eigenvalue weighted by Crippen LogP contribution is -2.43. The fourth-order valence-corrected chi connectivity index (χ4v) is 3.22. The minimum absolute atomic E-state index is 0.0855. The van der Waals surface area contributed by atoms with Crippen LogP contribution in [0.15, 0.2) is 58.1 Å². The van der Waals surface area contributed by atoms with Gasteiger partial charge in [-0.25, -0.2) is 9.59 Å². The molecule has 1 aromatic heterocycles. The second-order valence-corrected chi connectivity index (χ2v) is 7.23. The first kappa shape index (κ1) is 21.8. The zero-order valence-electron chi connectivity index (χ0n) is 17.5. The molecule has 2 aromatic carbocycles. The Bertz CT molecular complexity index is 1270. The summed E-state index contributed by atoms with van der Waals surface area (Å²) in [6.07, 6.45) is 0. The van der Waals surface area contributed by atoms with Gasteiger partial charge in [0.2, 0.25) is 5.78 Å². The number of hydrogen-bond acceptors (Lipinski definition) is 6. The molecule has 0 amide bonds. The second-order valence-electron chi connectivity index (χ2n) is 7.23. The zero-order chi connectivity index (χ0) is 22.7. The van der Waals surface area contributed by atoms with E-state index in [1.54, 1.807) is 43.3 Å². The number of nitrogen functional groups attached to an aromatic ring is 1. The molecule has 31 heavy (non-hydrogen) atoms. The lowest BCUT2D eigenvalue weighted by Gasteiger charge is -2.15. The summed E-state index contributed by atoms with van der Waals surface area (Å²) in [4.78, 5) is 50.3. The molecule has 0 aliphatic heterocycles. The number of carbonyl (C=O) groups is 2. The number of ketones is 1. The molecule has 3 rings (SSSR count). The number of Topliss-reactive ketones (excluding diaryl/α,β-unsaturated/α-hetero) is 1. The number of rotatable bonds is 6. The van der Waals surface area contributed by atoms with Crippen LogP contribution >= 0.6 is 0 Å². The smallest absolute Gasteiger partial charge is 0.338 e. The summed E-state index contributed by atoms with van der Waals surface area (Å²) in [6, 6.07) is 14.2. The lowest BCUT2D eigenvalue weighted by atomic mass is 10.0. The average Bonchev–Trinajstić information content (AvgIpc) is 2.76. The number of aromatic nitrogens is 2. The van der Waals surface area contributed by atoms with Crippen molar-refractivity contribution in [1.29, 1.82) is 0 Å². The van der Waals surface area contributed by atoms with Crippen molar-refractivity contribution in [2.24, 2.45) is 7.05 Å². The van der Waals surface area contributed by atoms with E-state index in [0.29, 0.717) is 5.56 Å². The van der Waals surface area contributed by atoms with Crippen molar-refractivity contribution >= 4 is 17.6 Å². The molecule has 1 heterocycles. The van der Waals surface area contributed by atoms with Gasteiger partial charge in [0.15, 0.2) is 6.61 Å². The standard InChI is InChI=1S/C23H23N3O5/c1-14-8-7-11-17(15(14)2)22(29)31-13-18(27)19-20(24)26(23(30)25(3)21(19)28)12-16-9-5-4-6-10-16/h4-11H,12-13,24H2,1-3H3. The first-order valence-corrected chi connectivity index (χ1v) is 9.62. The SMILES string of the molecule is Cc1cccc(C(=O)OCC(=O)c2c(N)n(Cc3ccccc3)c(=O)n(C)c2=O)c1C. The van der Waals surface area contributed by atoms with E-state index in [-0.39, 0.29) is 17.9 Å². The fraction of sp³-hybridized carbons (Fsp3) is 0.217. The quantitative estimate of drug-likeness (QED) is 0.480. The van der Waals surface area contributed by atoms with E-state index >= 15 is 0 Å². The summed E-state index contributed by atoms with van der Waals surface area (Å²) < 4.78 is 7.11. The molecular formula is C23H23N3O5. The highest BCUT2D eigenvalue weighted by molar-refractivity contribution is 6.02. The Morgan fingerprint density at radius 3 is 2.35 bits per heavy atom. The van der Waals surface area contributed by atoms with E-state index in [1.165, 1.54) is 7.05 Å². The van der Waals surface area contributed by atoms with E-state index in [9.17, 15) is 19.2 Å². The molecule has 2 N–H and O–H groups in total.